The van der Waals surface area contributed by atoms with Crippen LogP contribution in [0.15, 0.2) is 0 Å². The van der Waals surface area contributed by atoms with Crippen LogP contribution in [0.1, 0.15) is 53.4 Å². The lowest BCUT2D eigenvalue weighted by molar-refractivity contribution is -0.124. The van der Waals surface area contributed by atoms with Gasteiger partial charge in [-0.05, 0) is 33.1 Å². The summed E-state index contributed by atoms with van der Waals surface area (Å²) in [6.45, 7) is 8.23. The molecule has 0 aromatic heterocycles. The SMILES string of the molecule is BBC(=O)C(CSC1CCC1SCC(NC(C)(C)CC)C(=O)BB)NC(=O)CC. The van der Waals surface area contributed by atoms with E-state index < -0.39 is 0 Å². The van der Waals surface area contributed by atoms with Crippen molar-refractivity contribution >= 4 is 70.6 Å². The number of hydrogen-bond donors (Lipinski definition) is 2. The van der Waals surface area contributed by atoms with Crippen molar-refractivity contribution in [1.29, 1.82) is 0 Å². The predicted octanol–water partition coefficient (Wildman–Crippen LogP) is -0.952. The molecule has 4 unspecified atom stereocenters. The third-order valence-corrected chi connectivity index (χ3v) is 8.89. The van der Waals surface area contributed by atoms with Crippen LogP contribution in [0.5, 0.6) is 0 Å². The minimum Gasteiger partial charge on any atom is -0.346 e. The molecule has 1 aliphatic carbocycles. The van der Waals surface area contributed by atoms with Crippen molar-refractivity contribution in [3.8, 4) is 0 Å². The van der Waals surface area contributed by atoms with Gasteiger partial charge in [0.2, 0.25) is 5.91 Å². The van der Waals surface area contributed by atoms with Crippen molar-refractivity contribution in [2.75, 3.05) is 11.5 Å². The van der Waals surface area contributed by atoms with Gasteiger partial charge in [-0.1, -0.05) is 13.8 Å². The molecule has 0 aromatic rings. The second-order valence-electron chi connectivity index (χ2n) is 8.37. The Labute approximate surface area is 188 Å². The van der Waals surface area contributed by atoms with Gasteiger partial charge >= 0.3 is 0 Å². The molecule has 1 amide bonds. The molecular weight excluding hydrogens is 400 g/mol. The molecule has 1 fully saturated rings. The Bertz CT molecular complexity index is 569. The molecule has 0 spiro atoms. The third kappa shape index (κ3) is 9.18. The maximum absolute atomic E-state index is 12.4. The summed E-state index contributed by atoms with van der Waals surface area (Å²) in [5.41, 5.74) is 0.329. The molecule has 0 aliphatic heterocycles. The van der Waals surface area contributed by atoms with E-state index in [1.165, 1.54) is 0 Å². The number of thioether (sulfide) groups is 2. The average Bonchev–Trinajstić information content (AvgIpc) is 2.69. The number of amides is 1. The largest absolute Gasteiger partial charge is 0.346 e. The fourth-order valence-corrected chi connectivity index (χ4v) is 6.25. The standard InChI is InChI=1S/C18H36B4N2O3S2/c1-5-15(25)23-11(16(26)21-19)9-28-13-7-8-14(13)29-10-12(17(27)22-20)24-18(3,4)6-2/h11-14,21-22,24H,5-10,19-20H2,1-4H3,(H,23,25). The van der Waals surface area contributed by atoms with Crippen LogP contribution >= 0.6 is 23.5 Å². The minimum atomic E-state index is -0.384. The Morgan fingerprint density at radius 1 is 1.00 bits per heavy atom. The molecule has 0 radical (unpaired) electrons. The van der Waals surface area contributed by atoms with Crippen molar-refractivity contribution in [2.24, 2.45) is 0 Å². The summed E-state index contributed by atoms with van der Waals surface area (Å²) in [6, 6.07) is -0.491. The van der Waals surface area contributed by atoms with Gasteiger partial charge in [-0.2, -0.15) is 23.5 Å². The van der Waals surface area contributed by atoms with Crippen molar-refractivity contribution in [3.63, 3.8) is 0 Å². The Kier molecular flexibility index (Phi) is 12.2. The lowest BCUT2D eigenvalue weighted by Gasteiger charge is -2.38. The summed E-state index contributed by atoms with van der Waals surface area (Å²) in [5, 5.41) is 7.41. The molecule has 5 nitrogen and oxygen atoms in total. The van der Waals surface area contributed by atoms with Crippen LogP contribution in [0.25, 0.3) is 0 Å². The molecule has 0 bridgehead atoms. The molecule has 160 valence electrons. The Morgan fingerprint density at radius 3 is 1.90 bits per heavy atom. The molecule has 0 saturated heterocycles. The number of nitrogens with one attached hydrogen (secondary N) is 2. The first-order valence-electron chi connectivity index (χ1n) is 11.0. The zero-order chi connectivity index (χ0) is 22.0. The first kappa shape index (κ1) is 26.8. The van der Waals surface area contributed by atoms with Crippen LogP contribution in [-0.4, -0.2) is 86.7 Å². The monoisotopic (exact) mass is 436 g/mol. The highest BCUT2D eigenvalue weighted by Crippen LogP contribution is 2.40. The van der Waals surface area contributed by atoms with Crippen molar-refractivity contribution in [1.82, 2.24) is 10.6 Å². The lowest BCUT2D eigenvalue weighted by atomic mass is 9.51. The maximum atomic E-state index is 12.4. The smallest absolute Gasteiger partial charge is 0.220 e. The minimum absolute atomic E-state index is 0.0466. The quantitative estimate of drug-likeness (QED) is 0.323. The van der Waals surface area contributed by atoms with Gasteiger partial charge in [0.15, 0.2) is 14.3 Å². The van der Waals surface area contributed by atoms with Crippen molar-refractivity contribution in [3.05, 3.63) is 0 Å². The van der Waals surface area contributed by atoms with Crippen LogP contribution in [-0.2, 0) is 14.4 Å². The molecule has 4 atom stereocenters. The highest BCUT2D eigenvalue weighted by molar-refractivity contribution is 8.04. The van der Waals surface area contributed by atoms with E-state index in [1.54, 1.807) is 18.7 Å². The highest BCUT2D eigenvalue weighted by Gasteiger charge is 2.34. The maximum Gasteiger partial charge on any atom is 0.220 e. The van der Waals surface area contributed by atoms with Crippen LogP contribution in [0, 0.1) is 0 Å². The van der Waals surface area contributed by atoms with E-state index in [0.29, 0.717) is 37.0 Å². The van der Waals surface area contributed by atoms with Gasteiger partial charge in [0.05, 0.1) is 33.2 Å². The van der Waals surface area contributed by atoms with E-state index in [9.17, 15) is 14.4 Å². The van der Waals surface area contributed by atoms with Crippen LogP contribution in [0.2, 0.25) is 0 Å². The summed E-state index contributed by atoms with van der Waals surface area (Å²) < 4.78 is 0. The van der Waals surface area contributed by atoms with Crippen molar-refractivity contribution in [2.45, 2.75) is 81.5 Å². The average molecular weight is 436 g/mol. The number of carbonyl (C=O) groups excluding carboxylic acids is 3. The number of rotatable bonds is 15. The van der Waals surface area contributed by atoms with Gasteiger partial charge < -0.3 is 20.2 Å². The normalized spacial score (nSPS) is 20.8. The zero-order valence-corrected chi connectivity index (χ0v) is 20.6. The molecule has 2 N–H and O–H groups in total. The first-order valence-corrected chi connectivity index (χ1v) is 13.1. The topological polar surface area (TPSA) is 75.3 Å². The van der Waals surface area contributed by atoms with E-state index >= 15 is 0 Å². The Hall–Kier alpha value is -0.270. The summed E-state index contributed by atoms with van der Waals surface area (Å²) >= 11 is 3.68. The summed E-state index contributed by atoms with van der Waals surface area (Å²) in [4.78, 5) is 36.3. The molecule has 11 heteroatoms. The van der Waals surface area contributed by atoms with Gasteiger partial charge in [-0.15, -0.1) is 0 Å². The fraction of sp³-hybridized carbons (Fsp3) is 0.833. The third-order valence-electron chi connectivity index (χ3n) is 5.68. The highest BCUT2D eigenvalue weighted by atomic mass is 32.2. The molecule has 1 saturated carbocycles. The van der Waals surface area contributed by atoms with Gasteiger partial charge in [0.25, 0.3) is 0 Å². The molecule has 0 aromatic carbocycles. The first-order chi connectivity index (χ1) is 13.7. The molecular formula is C18H36B4N2O3S2. The molecule has 29 heavy (non-hydrogen) atoms. The lowest BCUT2D eigenvalue weighted by Crippen LogP contribution is -2.52. The van der Waals surface area contributed by atoms with E-state index in [1.807, 2.05) is 27.2 Å². The summed E-state index contributed by atoms with van der Waals surface area (Å²) in [7, 11) is 4.77. The van der Waals surface area contributed by atoms with Gasteiger partial charge in [-0.3, -0.25) is 4.79 Å². The van der Waals surface area contributed by atoms with Crippen LogP contribution in [0.3, 0.4) is 0 Å². The molecule has 1 rings (SSSR count). The second-order valence-corrected chi connectivity index (χ2v) is 10.9. The fourth-order valence-electron chi connectivity index (χ4n) is 3.05. The van der Waals surface area contributed by atoms with Crippen LogP contribution < -0.4 is 10.6 Å². The van der Waals surface area contributed by atoms with Crippen molar-refractivity contribution < 1.29 is 14.4 Å². The predicted molar refractivity (Wildman–Crippen MR) is 137 cm³/mol. The molecule has 1 aliphatic rings. The van der Waals surface area contributed by atoms with Crippen LogP contribution in [0.4, 0.5) is 0 Å². The van der Waals surface area contributed by atoms with Gasteiger partial charge in [-0.25, -0.2) is 0 Å². The molecule has 0 heterocycles. The number of carbonyl (C=O) groups is 3. The Morgan fingerprint density at radius 2 is 1.48 bits per heavy atom. The summed E-state index contributed by atoms with van der Waals surface area (Å²) in [5.74, 6) is 1.36. The van der Waals surface area contributed by atoms with E-state index in [-0.39, 0.29) is 34.9 Å². The van der Waals surface area contributed by atoms with E-state index in [4.69, 9.17) is 0 Å². The number of hydrogen-bond acceptors (Lipinski definition) is 6. The second kappa shape index (κ2) is 13.2. The summed E-state index contributed by atoms with van der Waals surface area (Å²) in [6.07, 6.45) is 3.66. The van der Waals surface area contributed by atoms with E-state index in [0.717, 1.165) is 25.0 Å². The van der Waals surface area contributed by atoms with E-state index in [2.05, 4.69) is 31.4 Å². The zero-order valence-electron chi connectivity index (χ0n) is 19.0. The van der Waals surface area contributed by atoms with Gasteiger partial charge in [0, 0.05) is 34.0 Å². The Balaban J connectivity index is 2.56. The van der Waals surface area contributed by atoms with Gasteiger partial charge in [0.1, 0.15) is 5.68 Å².